The van der Waals surface area contributed by atoms with Crippen molar-refractivity contribution in [2.75, 3.05) is 45.9 Å². The predicted octanol–water partition coefficient (Wildman–Crippen LogP) is 3.49. The topological polar surface area (TPSA) is 48.9 Å². The largest absolute Gasteiger partial charge is 0.377 e. The second kappa shape index (κ2) is 12.4. The number of guanidine groups is 1. The van der Waals surface area contributed by atoms with Crippen LogP contribution in [0.3, 0.4) is 0 Å². The van der Waals surface area contributed by atoms with Crippen molar-refractivity contribution in [2.24, 2.45) is 16.3 Å². The molecule has 0 aromatic heterocycles. The zero-order valence-electron chi connectivity index (χ0n) is 17.4. The zero-order valence-corrected chi connectivity index (χ0v) is 19.7. The van der Waals surface area contributed by atoms with E-state index >= 15 is 0 Å². The van der Waals surface area contributed by atoms with Gasteiger partial charge in [0.25, 0.3) is 0 Å². The lowest BCUT2D eigenvalue weighted by molar-refractivity contribution is -0.0823. The van der Waals surface area contributed by atoms with E-state index in [9.17, 15) is 0 Å². The van der Waals surface area contributed by atoms with E-state index in [-0.39, 0.29) is 29.4 Å². The summed E-state index contributed by atoms with van der Waals surface area (Å²) in [6, 6.07) is 0. The third-order valence-corrected chi connectivity index (χ3v) is 5.30. The zero-order chi connectivity index (χ0) is 18.1. The summed E-state index contributed by atoms with van der Waals surface area (Å²) in [6.07, 6.45) is 6.78. The minimum atomic E-state index is 0. The van der Waals surface area contributed by atoms with Crippen LogP contribution in [0.4, 0.5) is 0 Å². The van der Waals surface area contributed by atoms with Gasteiger partial charge in [0.15, 0.2) is 5.96 Å². The lowest BCUT2D eigenvalue weighted by Crippen LogP contribution is -2.44. The lowest BCUT2D eigenvalue weighted by Gasteiger charge is -2.39. The van der Waals surface area contributed by atoms with E-state index in [1.807, 2.05) is 0 Å². The first-order chi connectivity index (χ1) is 12.0. The number of hydrogen-bond donors (Lipinski definition) is 2. The summed E-state index contributed by atoms with van der Waals surface area (Å²) in [6.45, 7) is 16.2. The summed E-state index contributed by atoms with van der Waals surface area (Å²) in [7, 11) is 0. The Balaban J connectivity index is 0.00000338. The van der Waals surface area contributed by atoms with Crippen molar-refractivity contribution in [3.63, 3.8) is 0 Å². The molecule has 2 aliphatic rings. The average molecular weight is 480 g/mol. The first-order valence-electron chi connectivity index (χ1n) is 10.4. The van der Waals surface area contributed by atoms with Gasteiger partial charge >= 0.3 is 0 Å². The van der Waals surface area contributed by atoms with Crippen molar-refractivity contribution in [1.29, 1.82) is 0 Å². The summed E-state index contributed by atoms with van der Waals surface area (Å²) >= 11 is 0. The van der Waals surface area contributed by atoms with E-state index in [2.05, 4.69) is 43.2 Å². The van der Waals surface area contributed by atoms with Gasteiger partial charge in [-0.2, -0.15) is 0 Å². The number of hydrogen-bond acceptors (Lipinski definition) is 3. The second-order valence-corrected chi connectivity index (χ2v) is 8.61. The molecule has 2 atom stereocenters. The molecule has 0 aromatic rings. The number of ether oxygens (including phenoxy) is 1. The highest BCUT2D eigenvalue weighted by Crippen LogP contribution is 2.34. The van der Waals surface area contributed by atoms with Crippen LogP contribution >= 0.6 is 24.0 Å². The van der Waals surface area contributed by atoms with Crippen LogP contribution in [0.25, 0.3) is 0 Å². The van der Waals surface area contributed by atoms with Crippen molar-refractivity contribution >= 4 is 29.9 Å². The Hall–Kier alpha value is -0.0800. The summed E-state index contributed by atoms with van der Waals surface area (Å²) in [5.74, 6) is 1.48. The summed E-state index contributed by atoms with van der Waals surface area (Å²) in [5, 5.41) is 6.91. The maximum atomic E-state index is 6.09. The molecule has 0 radical (unpaired) electrons. The molecule has 154 valence electrons. The highest BCUT2D eigenvalue weighted by atomic mass is 127. The van der Waals surface area contributed by atoms with Gasteiger partial charge < -0.3 is 20.3 Å². The molecule has 0 bridgehead atoms. The number of halogens is 1. The van der Waals surface area contributed by atoms with Gasteiger partial charge in [0, 0.05) is 38.7 Å². The Labute approximate surface area is 178 Å². The molecule has 0 saturated carbocycles. The van der Waals surface area contributed by atoms with Crippen molar-refractivity contribution in [2.45, 2.75) is 65.9 Å². The summed E-state index contributed by atoms with van der Waals surface area (Å²) in [4.78, 5) is 7.44. The normalized spacial score (nSPS) is 25.5. The molecular formula is C20H41IN4O. The Morgan fingerprint density at radius 1 is 1.12 bits per heavy atom. The molecule has 0 amide bonds. The molecule has 0 aliphatic carbocycles. The average Bonchev–Trinajstić information content (AvgIpc) is 2.60. The quantitative estimate of drug-likeness (QED) is 0.347. The van der Waals surface area contributed by atoms with E-state index in [1.165, 1.54) is 38.8 Å². The van der Waals surface area contributed by atoms with Gasteiger partial charge in [-0.15, -0.1) is 24.0 Å². The molecule has 5 nitrogen and oxygen atoms in total. The number of nitrogens with one attached hydrogen (secondary N) is 2. The maximum absolute atomic E-state index is 6.09. The molecule has 2 saturated heterocycles. The van der Waals surface area contributed by atoms with E-state index in [4.69, 9.17) is 9.73 Å². The molecule has 2 rings (SSSR count). The molecule has 2 heterocycles. The van der Waals surface area contributed by atoms with E-state index < -0.39 is 0 Å². The highest BCUT2D eigenvalue weighted by molar-refractivity contribution is 14.0. The Bertz CT molecular complexity index is 405. The van der Waals surface area contributed by atoms with Crippen molar-refractivity contribution in [3.8, 4) is 0 Å². The van der Waals surface area contributed by atoms with Crippen LogP contribution in [0.2, 0.25) is 0 Å². The third-order valence-electron chi connectivity index (χ3n) is 5.30. The van der Waals surface area contributed by atoms with Crippen LogP contribution in [-0.2, 0) is 4.74 Å². The highest BCUT2D eigenvalue weighted by Gasteiger charge is 2.35. The first kappa shape index (κ1) is 24.0. The van der Waals surface area contributed by atoms with Crippen LogP contribution < -0.4 is 10.6 Å². The Morgan fingerprint density at radius 3 is 2.50 bits per heavy atom. The number of piperidine rings is 1. The predicted molar refractivity (Wildman–Crippen MR) is 122 cm³/mol. The van der Waals surface area contributed by atoms with Crippen LogP contribution in [0, 0.1) is 11.3 Å². The van der Waals surface area contributed by atoms with E-state index in [1.54, 1.807) is 0 Å². The van der Waals surface area contributed by atoms with E-state index in [0.717, 1.165) is 45.2 Å². The molecule has 0 aromatic carbocycles. The smallest absolute Gasteiger partial charge is 0.191 e. The first-order valence-corrected chi connectivity index (χ1v) is 10.4. The second-order valence-electron chi connectivity index (χ2n) is 8.61. The molecule has 2 fully saturated rings. The fourth-order valence-electron chi connectivity index (χ4n) is 4.05. The van der Waals surface area contributed by atoms with Crippen LogP contribution in [0.15, 0.2) is 4.99 Å². The molecule has 6 heteroatoms. The van der Waals surface area contributed by atoms with Crippen molar-refractivity contribution < 1.29 is 4.74 Å². The van der Waals surface area contributed by atoms with Crippen molar-refractivity contribution in [3.05, 3.63) is 0 Å². The van der Waals surface area contributed by atoms with Gasteiger partial charge in [-0.1, -0.05) is 27.2 Å². The van der Waals surface area contributed by atoms with E-state index in [0.29, 0.717) is 12.0 Å². The summed E-state index contributed by atoms with van der Waals surface area (Å²) < 4.78 is 6.09. The van der Waals surface area contributed by atoms with Crippen LogP contribution in [0.1, 0.15) is 59.8 Å². The maximum Gasteiger partial charge on any atom is 0.191 e. The molecule has 2 aliphatic heterocycles. The standard InChI is InChI=1S/C20H40N4O.HI/c1-5-21-19(22-11-14-24-12-7-6-8-13-24)23-16-17-10-9-15-25-18(17)20(2,3)4;/h17-18H,5-16H2,1-4H3,(H2,21,22,23);1H. The summed E-state index contributed by atoms with van der Waals surface area (Å²) in [5.41, 5.74) is 0.181. The van der Waals surface area contributed by atoms with Crippen LogP contribution in [0.5, 0.6) is 0 Å². The molecule has 2 N–H and O–H groups in total. The third kappa shape index (κ3) is 8.30. The minimum Gasteiger partial charge on any atom is -0.377 e. The SMILES string of the molecule is CCNC(=NCC1CCCOC1C(C)(C)C)NCCN1CCCCC1.I. The van der Waals surface area contributed by atoms with Gasteiger partial charge in [0.05, 0.1) is 6.10 Å². The van der Waals surface area contributed by atoms with Gasteiger partial charge in [-0.05, 0) is 51.1 Å². The Morgan fingerprint density at radius 2 is 1.85 bits per heavy atom. The van der Waals surface area contributed by atoms with Gasteiger partial charge in [-0.3, -0.25) is 4.99 Å². The number of likely N-dealkylation sites (tertiary alicyclic amines) is 1. The monoisotopic (exact) mass is 480 g/mol. The molecule has 26 heavy (non-hydrogen) atoms. The van der Waals surface area contributed by atoms with Crippen molar-refractivity contribution in [1.82, 2.24) is 15.5 Å². The van der Waals surface area contributed by atoms with Gasteiger partial charge in [0.2, 0.25) is 0 Å². The number of nitrogens with zero attached hydrogens (tertiary/aromatic N) is 2. The molecule has 0 spiro atoms. The number of aliphatic imine (C=N–C) groups is 1. The lowest BCUT2D eigenvalue weighted by atomic mass is 9.78. The van der Waals surface area contributed by atoms with Crippen LogP contribution in [-0.4, -0.2) is 62.8 Å². The minimum absolute atomic E-state index is 0. The molecular weight excluding hydrogens is 439 g/mol. The number of rotatable bonds is 6. The molecule has 2 unspecified atom stereocenters. The fourth-order valence-corrected chi connectivity index (χ4v) is 4.05. The van der Waals surface area contributed by atoms with Gasteiger partial charge in [-0.25, -0.2) is 0 Å². The van der Waals surface area contributed by atoms with Gasteiger partial charge in [0.1, 0.15) is 0 Å². The Kier molecular flexibility index (Phi) is 11.4. The fraction of sp³-hybridized carbons (Fsp3) is 0.950.